The number of anilines is 2. The molecule has 0 fully saturated rings. The first-order valence-electron chi connectivity index (χ1n) is 15.4. The molecule has 0 spiro atoms. The molecule has 12 heteroatoms. The van der Waals surface area contributed by atoms with Crippen LogP contribution in [-0.4, -0.2) is 52.6 Å². The molecule has 3 aromatic carbocycles. The van der Waals surface area contributed by atoms with Gasteiger partial charge in [0, 0.05) is 65.8 Å². The smallest absolute Gasteiger partial charge is 0.334 e. The van der Waals surface area contributed by atoms with Crippen LogP contribution in [0.5, 0.6) is 34.5 Å². The summed E-state index contributed by atoms with van der Waals surface area (Å²) in [4.78, 5) is 19.2. The van der Waals surface area contributed by atoms with Gasteiger partial charge in [0.15, 0.2) is 0 Å². The van der Waals surface area contributed by atoms with E-state index in [-0.39, 0.29) is 31.1 Å². The topological polar surface area (TPSA) is 127 Å². The first-order chi connectivity index (χ1) is 23.2. The monoisotopic (exact) mass is 662 g/mol. The molecule has 258 valence electrons. The number of nitro groups is 1. The van der Waals surface area contributed by atoms with Gasteiger partial charge in [-0.3, -0.25) is 10.1 Å². The van der Waals surface area contributed by atoms with Crippen LogP contribution >= 0.6 is 0 Å². The molecular formula is C36H46N4O8. The maximum Gasteiger partial charge on any atom is 0.334 e. The SMILES string of the molecule is CC.COc1ccc(CNc2c(C)c(C)nc(N(Cc3ccc(OC)cc3OC)Cc3ccc(OC)cc3OC)c2[N+](=O)[O-])c(OC)c1. The van der Waals surface area contributed by atoms with Gasteiger partial charge in [-0.2, -0.15) is 0 Å². The predicted octanol–water partition coefficient (Wildman–Crippen LogP) is 7.50. The number of nitrogens with one attached hydrogen (secondary N) is 1. The summed E-state index contributed by atoms with van der Waals surface area (Å²) in [5.74, 6) is 3.82. The van der Waals surface area contributed by atoms with Crippen LogP contribution in [0.4, 0.5) is 17.2 Å². The van der Waals surface area contributed by atoms with E-state index in [1.54, 1.807) is 60.9 Å². The molecule has 12 nitrogen and oxygen atoms in total. The third-order valence-corrected chi connectivity index (χ3v) is 7.78. The number of methoxy groups -OCH3 is 6. The Hall–Kier alpha value is -5.39. The van der Waals surface area contributed by atoms with Crippen LogP contribution in [0, 0.1) is 24.0 Å². The third kappa shape index (κ3) is 8.49. The summed E-state index contributed by atoms with van der Waals surface area (Å²) in [5, 5.41) is 16.2. The lowest BCUT2D eigenvalue weighted by Crippen LogP contribution is -2.26. The summed E-state index contributed by atoms with van der Waals surface area (Å²) in [7, 11) is 9.45. The molecule has 1 heterocycles. The van der Waals surface area contributed by atoms with Gasteiger partial charge in [-0.25, -0.2) is 4.98 Å². The minimum absolute atomic E-state index is 0.157. The number of aryl methyl sites for hydroxylation is 1. The van der Waals surface area contributed by atoms with E-state index < -0.39 is 4.92 Å². The zero-order valence-electron chi connectivity index (χ0n) is 29.4. The van der Waals surface area contributed by atoms with Crippen LogP contribution in [-0.2, 0) is 19.6 Å². The van der Waals surface area contributed by atoms with Gasteiger partial charge in [0.2, 0.25) is 5.82 Å². The second-order valence-corrected chi connectivity index (χ2v) is 10.4. The Morgan fingerprint density at radius 1 is 0.688 bits per heavy atom. The number of aromatic nitrogens is 1. The lowest BCUT2D eigenvalue weighted by Gasteiger charge is -2.27. The predicted molar refractivity (Wildman–Crippen MR) is 188 cm³/mol. The Labute approximate surface area is 282 Å². The van der Waals surface area contributed by atoms with Crippen molar-refractivity contribution in [1.29, 1.82) is 0 Å². The highest BCUT2D eigenvalue weighted by atomic mass is 16.6. The van der Waals surface area contributed by atoms with E-state index in [1.165, 1.54) is 0 Å². The van der Waals surface area contributed by atoms with Gasteiger partial charge in [0.05, 0.1) is 47.6 Å². The summed E-state index contributed by atoms with van der Waals surface area (Å²) < 4.78 is 33.0. The van der Waals surface area contributed by atoms with Crippen molar-refractivity contribution in [3.05, 3.63) is 92.7 Å². The van der Waals surface area contributed by atoms with Crippen LogP contribution < -0.4 is 38.6 Å². The summed E-state index contributed by atoms with van der Waals surface area (Å²) in [6.07, 6.45) is 0. The number of hydrogen-bond acceptors (Lipinski definition) is 11. The lowest BCUT2D eigenvalue weighted by molar-refractivity contribution is -0.383. The molecule has 0 aliphatic carbocycles. The molecule has 0 unspecified atom stereocenters. The van der Waals surface area contributed by atoms with E-state index in [1.807, 2.05) is 69.0 Å². The van der Waals surface area contributed by atoms with E-state index in [9.17, 15) is 10.1 Å². The maximum absolute atomic E-state index is 12.9. The fourth-order valence-corrected chi connectivity index (χ4v) is 5.14. The summed E-state index contributed by atoms with van der Waals surface area (Å²) in [6.45, 7) is 8.36. The molecule has 0 saturated heterocycles. The molecule has 0 aliphatic rings. The van der Waals surface area contributed by atoms with E-state index >= 15 is 0 Å². The molecule has 4 rings (SSSR count). The molecule has 4 aromatic rings. The van der Waals surface area contributed by atoms with Crippen LogP contribution in [0.2, 0.25) is 0 Å². The quantitative estimate of drug-likeness (QED) is 0.100. The van der Waals surface area contributed by atoms with Crippen molar-refractivity contribution >= 4 is 17.2 Å². The summed E-state index contributed by atoms with van der Waals surface area (Å²) in [5.41, 5.74) is 3.86. The molecule has 0 amide bonds. The highest BCUT2D eigenvalue weighted by Gasteiger charge is 2.30. The van der Waals surface area contributed by atoms with Gasteiger partial charge in [-0.05, 0) is 50.2 Å². The molecule has 0 aliphatic heterocycles. The van der Waals surface area contributed by atoms with Crippen molar-refractivity contribution in [2.24, 2.45) is 0 Å². The minimum atomic E-state index is -0.397. The maximum atomic E-state index is 12.9. The second-order valence-electron chi connectivity index (χ2n) is 10.4. The summed E-state index contributed by atoms with van der Waals surface area (Å²) >= 11 is 0. The highest BCUT2D eigenvalue weighted by Crippen LogP contribution is 2.41. The standard InChI is InChI=1S/C34H40N4O8.C2H6/c1-21-22(2)36-34(33(38(39)40)32(21)35-18-23-9-12-26(41-3)15-29(23)44-6)37(19-24-10-13-27(42-4)16-30(24)45-7)20-25-11-14-28(43-5)17-31(25)46-8;1-2/h9-17H,18-20H2,1-8H3,(H,35,36);1-2H3. The second kappa shape index (κ2) is 17.5. The van der Waals surface area contributed by atoms with Crippen molar-refractivity contribution < 1.29 is 33.3 Å². The fourth-order valence-electron chi connectivity index (χ4n) is 5.14. The van der Waals surface area contributed by atoms with E-state index in [0.29, 0.717) is 51.4 Å². The average molecular weight is 663 g/mol. The minimum Gasteiger partial charge on any atom is -0.497 e. The Bertz CT molecular complexity index is 1640. The molecule has 0 radical (unpaired) electrons. The molecule has 0 atom stereocenters. The van der Waals surface area contributed by atoms with Crippen LogP contribution in [0.15, 0.2) is 54.6 Å². The van der Waals surface area contributed by atoms with Crippen molar-refractivity contribution in [2.75, 3.05) is 52.9 Å². The first-order valence-corrected chi connectivity index (χ1v) is 15.4. The molecular weight excluding hydrogens is 616 g/mol. The van der Waals surface area contributed by atoms with Crippen molar-refractivity contribution in [1.82, 2.24) is 4.98 Å². The number of benzene rings is 3. The Morgan fingerprint density at radius 3 is 1.50 bits per heavy atom. The zero-order chi connectivity index (χ0) is 35.4. The van der Waals surface area contributed by atoms with E-state index in [2.05, 4.69) is 5.32 Å². The summed E-state index contributed by atoms with van der Waals surface area (Å²) in [6, 6.07) is 16.4. The Balaban J connectivity index is 0.00000307. The van der Waals surface area contributed by atoms with Gasteiger partial charge >= 0.3 is 5.69 Å². The largest absolute Gasteiger partial charge is 0.497 e. The number of hydrogen-bond donors (Lipinski definition) is 1. The van der Waals surface area contributed by atoms with Gasteiger partial charge in [-0.15, -0.1) is 0 Å². The first kappa shape index (κ1) is 37.1. The average Bonchev–Trinajstić information content (AvgIpc) is 3.12. The number of rotatable bonds is 15. The highest BCUT2D eigenvalue weighted by molar-refractivity contribution is 5.78. The van der Waals surface area contributed by atoms with E-state index in [0.717, 1.165) is 16.7 Å². The van der Waals surface area contributed by atoms with E-state index in [4.69, 9.17) is 33.4 Å². The molecule has 0 bridgehead atoms. The van der Waals surface area contributed by atoms with Crippen LogP contribution in [0.3, 0.4) is 0 Å². The number of ether oxygens (including phenoxy) is 6. The third-order valence-electron chi connectivity index (χ3n) is 7.78. The Kier molecular flexibility index (Phi) is 13.5. The molecule has 0 saturated carbocycles. The number of nitrogens with zero attached hydrogens (tertiary/aromatic N) is 3. The van der Waals surface area contributed by atoms with Gasteiger partial charge < -0.3 is 38.6 Å². The van der Waals surface area contributed by atoms with Gasteiger partial charge in [0.1, 0.15) is 40.2 Å². The van der Waals surface area contributed by atoms with Crippen LogP contribution in [0.1, 0.15) is 41.8 Å². The van der Waals surface area contributed by atoms with Crippen molar-refractivity contribution in [3.8, 4) is 34.5 Å². The zero-order valence-corrected chi connectivity index (χ0v) is 29.4. The normalized spacial score (nSPS) is 10.3. The molecule has 48 heavy (non-hydrogen) atoms. The van der Waals surface area contributed by atoms with Crippen molar-refractivity contribution in [2.45, 2.75) is 47.3 Å². The van der Waals surface area contributed by atoms with Crippen LogP contribution in [0.25, 0.3) is 0 Å². The Morgan fingerprint density at radius 2 is 1.10 bits per heavy atom. The van der Waals surface area contributed by atoms with Gasteiger partial charge in [0.25, 0.3) is 0 Å². The van der Waals surface area contributed by atoms with Crippen molar-refractivity contribution in [3.63, 3.8) is 0 Å². The molecule has 1 aromatic heterocycles. The number of pyridine rings is 1. The fraction of sp³-hybridized carbons (Fsp3) is 0.361. The lowest BCUT2D eigenvalue weighted by atomic mass is 10.1. The molecule has 1 N–H and O–H groups in total. The van der Waals surface area contributed by atoms with Gasteiger partial charge in [-0.1, -0.05) is 13.8 Å².